The molecule has 4 heteroatoms. The summed E-state index contributed by atoms with van der Waals surface area (Å²) < 4.78 is 5.70. The highest BCUT2D eigenvalue weighted by Gasteiger charge is 2.20. The maximum Gasteiger partial charge on any atom is 0.0721 e. The highest BCUT2D eigenvalue weighted by Crippen LogP contribution is 2.26. The summed E-state index contributed by atoms with van der Waals surface area (Å²) in [5.74, 6) is 0. The number of fused-ring (bicyclic) bond motifs is 1. The van der Waals surface area contributed by atoms with Gasteiger partial charge in [-0.1, -0.05) is 18.2 Å². The monoisotopic (exact) mass is 277 g/mol. The van der Waals surface area contributed by atoms with E-state index in [9.17, 15) is 0 Å². The number of hydrogen-bond donors (Lipinski definition) is 2. The molecule has 0 amide bonds. The number of hydrogen-bond acceptors (Lipinski definition) is 4. The number of nitrogens with one attached hydrogen (secondary N) is 2. The smallest absolute Gasteiger partial charge is 0.0721 e. The SMILES string of the molecule is CNCCCNC1COCc2ccc(CN(C)C)cc21. The molecule has 0 spiro atoms. The fourth-order valence-electron chi connectivity index (χ4n) is 2.65. The lowest BCUT2D eigenvalue weighted by atomic mass is 9.96. The first-order valence-electron chi connectivity index (χ1n) is 7.43. The van der Waals surface area contributed by atoms with E-state index in [1.54, 1.807) is 0 Å². The third-order valence-corrected chi connectivity index (χ3v) is 3.62. The molecule has 1 aliphatic heterocycles. The zero-order valence-electron chi connectivity index (χ0n) is 12.9. The predicted octanol–water partition coefficient (Wildman–Crippen LogP) is 1.52. The van der Waals surface area contributed by atoms with Crippen molar-refractivity contribution in [3.8, 4) is 0 Å². The van der Waals surface area contributed by atoms with E-state index < -0.39 is 0 Å². The van der Waals surface area contributed by atoms with E-state index in [0.29, 0.717) is 6.04 Å². The molecule has 2 rings (SSSR count). The number of nitrogens with zero attached hydrogens (tertiary/aromatic N) is 1. The van der Waals surface area contributed by atoms with Crippen molar-refractivity contribution < 1.29 is 4.74 Å². The molecule has 0 aliphatic carbocycles. The van der Waals surface area contributed by atoms with Crippen LogP contribution in [0.2, 0.25) is 0 Å². The number of benzene rings is 1. The van der Waals surface area contributed by atoms with Crippen LogP contribution < -0.4 is 10.6 Å². The Morgan fingerprint density at radius 2 is 2.15 bits per heavy atom. The third kappa shape index (κ3) is 4.28. The van der Waals surface area contributed by atoms with Gasteiger partial charge in [0.15, 0.2) is 0 Å². The van der Waals surface area contributed by atoms with Gasteiger partial charge in [0.25, 0.3) is 0 Å². The van der Waals surface area contributed by atoms with Gasteiger partial charge in [-0.2, -0.15) is 0 Å². The van der Waals surface area contributed by atoms with Crippen LogP contribution in [0.4, 0.5) is 0 Å². The van der Waals surface area contributed by atoms with E-state index in [2.05, 4.69) is 47.8 Å². The highest BCUT2D eigenvalue weighted by molar-refractivity contribution is 5.35. The number of rotatable bonds is 7. The Balaban J connectivity index is 2.03. The van der Waals surface area contributed by atoms with Gasteiger partial charge in [0, 0.05) is 6.54 Å². The minimum absolute atomic E-state index is 0.331. The molecular weight excluding hydrogens is 250 g/mol. The molecule has 2 N–H and O–H groups in total. The molecule has 1 atom stereocenters. The molecule has 1 aromatic carbocycles. The molecule has 1 aromatic rings. The fourth-order valence-corrected chi connectivity index (χ4v) is 2.65. The molecule has 1 aliphatic rings. The predicted molar refractivity (Wildman–Crippen MR) is 82.8 cm³/mol. The minimum atomic E-state index is 0.331. The third-order valence-electron chi connectivity index (χ3n) is 3.62. The first-order valence-corrected chi connectivity index (χ1v) is 7.43. The minimum Gasteiger partial charge on any atom is -0.375 e. The van der Waals surface area contributed by atoms with Gasteiger partial charge in [-0.05, 0) is 57.3 Å². The second-order valence-corrected chi connectivity index (χ2v) is 5.75. The van der Waals surface area contributed by atoms with Crippen LogP contribution in [0.1, 0.15) is 29.2 Å². The van der Waals surface area contributed by atoms with Crippen molar-refractivity contribution in [1.29, 1.82) is 0 Å². The molecule has 0 bridgehead atoms. The van der Waals surface area contributed by atoms with E-state index in [1.807, 2.05) is 7.05 Å². The van der Waals surface area contributed by atoms with Crippen LogP contribution in [0.5, 0.6) is 0 Å². The topological polar surface area (TPSA) is 36.5 Å². The summed E-state index contributed by atoms with van der Waals surface area (Å²) in [6.07, 6.45) is 1.14. The Labute approximate surface area is 122 Å². The Bertz CT molecular complexity index is 420. The van der Waals surface area contributed by atoms with Crippen LogP contribution in [0, 0.1) is 0 Å². The molecule has 20 heavy (non-hydrogen) atoms. The summed E-state index contributed by atoms with van der Waals surface area (Å²) >= 11 is 0. The lowest BCUT2D eigenvalue weighted by Crippen LogP contribution is -2.31. The Morgan fingerprint density at radius 3 is 2.90 bits per heavy atom. The summed E-state index contributed by atoms with van der Waals surface area (Å²) in [7, 11) is 6.21. The average Bonchev–Trinajstić information content (AvgIpc) is 2.43. The van der Waals surface area contributed by atoms with E-state index >= 15 is 0 Å². The highest BCUT2D eigenvalue weighted by atomic mass is 16.5. The van der Waals surface area contributed by atoms with Gasteiger partial charge >= 0.3 is 0 Å². The van der Waals surface area contributed by atoms with Crippen LogP contribution in [-0.2, 0) is 17.9 Å². The summed E-state index contributed by atoms with van der Waals surface area (Å²) in [6, 6.07) is 7.10. The lowest BCUT2D eigenvalue weighted by Gasteiger charge is -2.27. The van der Waals surface area contributed by atoms with Crippen molar-refractivity contribution in [1.82, 2.24) is 15.5 Å². The van der Waals surface area contributed by atoms with Crippen LogP contribution in [0.3, 0.4) is 0 Å². The van der Waals surface area contributed by atoms with Crippen LogP contribution in [0.15, 0.2) is 18.2 Å². The van der Waals surface area contributed by atoms with Crippen LogP contribution in [0.25, 0.3) is 0 Å². The Hall–Kier alpha value is -0.940. The molecule has 1 unspecified atom stereocenters. The molecule has 0 fully saturated rings. The fraction of sp³-hybridized carbons (Fsp3) is 0.625. The van der Waals surface area contributed by atoms with Crippen molar-refractivity contribution in [2.75, 3.05) is 40.8 Å². The summed E-state index contributed by atoms with van der Waals surface area (Å²) in [4.78, 5) is 2.20. The van der Waals surface area contributed by atoms with Crippen molar-refractivity contribution in [2.45, 2.75) is 25.6 Å². The first-order chi connectivity index (χ1) is 9.70. The van der Waals surface area contributed by atoms with Crippen molar-refractivity contribution in [2.24, 2.45) is 0 Å². The Morgan fingerprint density at radius 1 is 1.30 bits per heavy atom. The van der Waals surface area contributed by atoms with Gasteiger partial charge in [-0.3, -0.25) is 0 Å². The maximum atomic E-state index is 5.70. The van der Waals surface area contributed by atoms with E-state index in [4.69, 9.17) is 4.74 Å². The van der Waals surface area contributed by atoms with Gasteiger partial charge in [-0.15, -0.1) is 0 Å². The second-order valence-electron chi connectivity index (χ2n) is 5.75. The summed E-state index contributed by atoms with van der Waals surface area (Å²) in [5, 5.41) is 6.79. The molecule has 112 valence electrons. The van der Waals surface area contributed by atoms with Gasteiger partial charge in [0.2, 0.25) is 0 Å². The van der Waals surface area contributed by atoms with Crippen molar-refractivity contribution in [3.05, 3.63) is 34.9 Å². The molecule has 0 radical (unpaired) electrons. The van der Waals surface area contributed by atoms with E-state index in [0.717, 1.165) is 39.3 Å². The van der Waals surface area contributed by atoms with E-state index in [1.165, 1.54) is 16.7 Å². The van der Waals surface area contributed by atoms with Crippen molar-refractivity contribution >= 4 is 0 Å². The normalized spacial score (nSPS) is 18.3. The quantitative estimate of drug-likeness (QED) is 0.741. The van der Waals surface area contributed by atoms with Crippen LogP contribution >= 0.6 is 0 Å². The lowest BCUT2D eigenvalue weighted by molar-refractivity contribution is 0.0821. The van der Waals surface area contributed by atoms with Gasteiger partial charge in [-0.25, -0.2) is 0 Å². The largest absolute Gasteiger partial charge is 0.375 e. The zero-order chi connectivity index (χ0) is 14.4. The van der Waals surface area contributed by atoms with Gasteiger partial charge in [0.05, 0.1) is 19.3 Å². The first kappa shape index (κ1) is 15.4. The summed E-state index contributed by atoms with van der Waals surface area (Å²) in [6.45, 7) is 4.57. The molecule has 0 saturated heterocycles. The van der Waals surface area contributed by atoms with Crippen molar-refractivity contribution in [3.63, 3.8) is 0 Å². The standard InChI is InChI=1S/C16H27N3O/c1-17-7-4-8-18-16-12-20-11-14-6-5-13(9-15(14)16)10-19(2)3/h5-6,9,16-18H,4,7-8,10-12H2,1-3H3. The summed E-state index contributed by atoms with van der Waals surface area (Å²) in [5.41, 5.74) is 4.11. The van der Waals surface area contributed by atoms with Crippen LogP contribution in [-0.4, -0.2) is 45.7 Å². The maximum absolute atomic E-state index is 5.70. The molecule has 0 saturated carbocycles. The molecule has 1 heterocycles. The van der Waals surface area contributed by atoms with Gasteiger partial charge in [0.1, 0.15) is 0 Å². The zero-order valence-corrected chi connectivity index (χ0v) is 12.9. The second kappa shape index (κ2) is 7.74. The number of ether oxygens (including phenoxy) is 1. The molecular formula is C16H27N3O. The van der Waals surface area contributed by atoms with E-state index in [-0.39, 0.29) is 0 Å². The average molecular weight is 277 g/mol. The molecule has 0 aromatic heterocycles. The van der Waals surface area contributed by atoms with Gasteiger partial charge < -0.3 is 20.3 Å². The Kier molecular flexibility index (Phi) is 5.98. The molecule has 4 nitrogen and oxygen atoms in total.